The van der Waals surface area contributed by atoms with Crippen LogP contribution in [0, 0.1) is 23.3 Å². The van der Waals surface area contributed by atoms with Crippen molar-refractivity contribution >= 4 is 46.3 Å². The summed E-state index contributed by atoms with van der Waals surface area (Å²) in [7, 11) is 0. The topological polar surface area (TPSA) is 128 Å². The molecule has 0 unspecified atom stereocenters. The molecule has 0 saturated carbocycles. The molecule has 0 saturated heterocycles. The Morgan fingerprint density at radius 2 is 0.984 bits per heavy atom. The van der Waals surface area contributed by atoms with Gasteiger partial charge in [-0.2, -0.15) is 0 Å². The Balaban J connectivity index is 1.48. The molecule has 0 N–H and O–H groups in total. The van der Waals surface area contributed by atoms with Gasteiger partial charge in [0.2, 0.25) is 5.36 Å². The number of nitrogens with zero attached hydrogens (tertiary/aromatic N) is 2. The van der Waals surface area contributed by atoms with Crippen molar-refractivity contribution in [1.82, 2.24) is 4.58 Å². The van der Waals surface area contributed by atoms with Crippen LogP contribution in [0.25, 0.3) is 33.4 Å². The Kier molecular flexibility index (Phi) is 10.5. The van der Waals surface area contributed by atoms with Gasteiger partial charge in [-0.25, -0.2) is 32.1 Å². The summed E-state index contributed by atoms with van der Waals surface area (Å²) in [6.45, 7) is 0. The molecule has 61 heavy (non-hydrogen) atoms. The fourth-order valence-corrected chi connectivity index (χ4v) is 6.97. The van der Waals surface area contributed by atoms with E-state index in [2.05, 4.69) is 0 Å². The van der Waals surface area contributed by atoms with Gasteiger partial charge in [-0.05, 0) is 66.7 Å². The molecular formula is C48H26F4N2O7. The molecule has 0 atom stereocenters. The van der Waals surface area contributed by atoms with E-state index in [0.717, 1.165) is 9.48 Å². The van der Waals surface area contributed by atoms with E-state index in [4.69, 9.17) is 4.42 Å². The van der Waals surface area contributed by atoms with Crippen LogP contribution in [-0.2, 0) is 0 Å². The van der Waals surface area contributed by atoms with Gasteiger partial charge in [-0.15, -0.1) is 0 Å². The third-order valence-electron chi connectivity index (χ3n) is 9.82. The first kappa shape index (κ1) is 39.5. The van der Waals surface area contributed by atoms with Crippen LogP contribution in [0.2, 0.25) is 0 Å². The normalized spacial score (nSPS) is 11.0. The van der Waals surface area contributed by atoms with Gasteiger partial charge in [0.25, 0.3) is 11.8 Å². The SMILES string of the molecule is O=C([O-])c1c(F)c(F)c(F)c(F)c1-c1c2ccc(=[N+](C(=O)c3ccccc3)C(=O)c3ccccc3)cc-2oc2cc(N(C(=O)c3ccccc3)C(=O)c3ccccc3)ccc12. The molecule has 298 valence electrons. The summed E-state index contributed by atoms with van der Waals surface area (Å²) in [6, 6.07) is 38.4. The number of carbonyl (C=O) groups excluding carboxylic acids is 5. The van der Waals surface area contributed by atoms with Gasteiger partial charge in [-0.3, -0.25) is 9.59 Å². The smallest absolute Gasteiger partial charge is 0.428 e. The van der Waals surface area contributed by atoms with E-state index in [1.807, 2.05) is 0 Å². The number of hydrogen-bond acceptors (Lipinski definition) is 7. The fraction of sp³-hybridized carbons (Fsp3) is 0. The predicted molar refractivity (Wildman–Crippen MR) is 213 cm³/mol. The first-order valence-electron chi connectivity index (χ1n) is 18.3. The summed E-state index contributed by atoms with van der Waals surface area (Å²) in [5, 5.41) is 12.1. The maximum atomic E-state index is 16.1. The summed E-state index contributed by atoms with van der Waals surface area (Å²) in [5.41, 5.74) is -3.65. The Labute approximate surface area is 342 Å². The van der Waals surface area contributed by atoms with Crippen molar-refractivity contribution in [1.29, 1.82) is 0 Å². The third-order valence-corrected chi connectivity index (χ3v) is 9.82. The van der Waals surface area contributed by atoms with Gasteiger partial charge in [0.05, 0.1) is 28.8 Å². The second-order valence-corrected chi connectivity index (χ2v) is 13.5. The lowest BCUT2D eigenvalue weighted by Crippen LogP contribution is -2.40. The highest BCUT2D eigenvalue weighted by Gasteiger charge is 2.34. The number of aromatic carboxylic acids is 1. The van der Waals surface area contributed by atoms with E-state index in [9.17, 15) is 33.5 Å². The van der Waals surface area contributed by atoms with Crippen LogP contribution in [0.1, 0.15) is 51.8 Å². The highest BCUT2D eigenvalue weighted by Crippen LogP contribution is 2.44. The molecule has 13 heteroatoms. The van der Waals surface area contributed by atoms with Crippen LogP contribution in [0.5, 0.6) is 0 Å². The highest BCUT2D eigenvalue weighted by atomic mass is 19.2. The molecule has 1 aliphatic carbocycles. The minimum absolute atomic E-state index is 0.108. The number of amides is 4. The molecule has 0 spiro atoms. The van der Waals surface area contributed by atoms with Crippen LogP contribution in [0.4, 0.5) is 23.2 Å². The van der Waals surface area contributed by atoms with Crippen molar-refractivity contribution in [3.8, 4) is 22.5 Å². The van der Waals surface area contributed by atoms with E-state index in [1.54, 1.807) is 72.8 Å². The molecule has 0 fully saturated rings. The molecule has 6 aromatic rings. The van der Waals surface area contributed by atoms with Crippen molar-refractivity contribution in [2.75, 3.05) is 4.90 Å². The standard InChI is InChI=1S/C48H26F4N2O7/c49-40-38(39(48(59)60)41(50)43(52)42(40)51)37-33-23-21-31(53(44(55)27-13-5-1-6-14-27)45(56)28-15-7-2-8-16-28)25-35(33)61-36-26-32(22-24-34(36)37)54(46(57)29-17-9-3-10-18-29)47(58)30-19-11-4-12-20-30/h1-26H. The number of carbonyl (C=O) groups is 5. The fourth-order valence-electron chi connectivity index (χ4n) is 6.97. The number of imide groups is 2. The average Bonchev–Trinajstić information content (AvgIpc) is 3.29. The summed E-state index contributed by atoms with van der Waals surface area (Å²) in [4.78, 5) is 69.7. The second-order valence-electron chi connectivity index (χ2n) is 13.5. The number of halogens is 4. The van der Waals surface area contributed by atoms with E-state index in [-0.39, 0.29) is 55.6 Å². The van der Waals surface area contributed by atoms with Crippen LogP contribution >= 0.6 is 0 Å². The van der Waals surface area contributed by atoms with Crippen molar-refractivity contribution in [2.45, 2.75) is 0 Å². The van der Waals surface area contributed by atoms with E-state index >= 15 is 13.2 Å². The Morgan fingerprint density at radius 1 is 0.508 bits per heavy atom. The summed E-state index contributed by atoms with van der Waals surface area (Å²) >= 11 is 0. The number of benzene rings is 7. The van der Waals surface area contributed by atoms with E-state index in [0.29, 0.717) is 0 Å². The van der Waals surface area contributed by atoms with Crippen molar-refractivity contribution in [2.24, 2.45) is 0 Å². The number of hydrogen-bond donors (Lipinski definition) is 0. The van der Waals surface area contributed by atoms with Gasteiger partial charge in [-0.1, -0.05) is 77.4 Å². The van der Waals surface area contributed by atoms with Gasteiger partial charge >= 0.3 is 11.8 Å². The molecule has 1 aliphatic heterocycles. The first-order chi connectivity index (χ1) is 29.5. The lowest BCUT2D eigenvalue weighted by Gasteiger charge is -2.23. The molecule has 8 rings (SSSR count). The third kappa shape index (κ3) is 7.14. The molecule has 0 aromatic heterocycles. The number of rotatable bonds is 7. The molecule has 0 bridgehead atoms. The zero-order chi connectivity index (χ0) is 42.9. The van der Waals surface area contributed by atoms with Crippen molar-refractivity contribution in [3.05, 3.63) is 214 Å². The Hall–Kier alpha value is -8.32. The highest BCUT2D eigenvalue weighted by molar-refractivity contribution is 6.26. The summed E-state index contributed by atoms with van der Waals surface area (Å²) in [6.07, 6.45) is 0. The lowest BCUT2D eigenvalue weighted by atomic mass is 9.89. The lowest BCUT2D eigenvalue weighted by molar-refractivity contribution is -0.255. The van der Waals surface area contributed by atoms with Crippen LogP contribution < -0.4 is 19.9 Å². The number of carboxylic acid groups (broad SMARTS) is 1. The molecule has 2 aliphatic rings. The number of anilines is 1. The predicted octanol–water partition coefficient (Wildman–Crippen LogP) is 8.06. The molecule has 9 nitrogen and oxygen atoms in total. The van der Waals surface area contributed by atoms with Crippen LogP contribution in [0.3, 0.4) is 0 Å². The average molecular weight is 819 g/mol. The van der Waals surface area contributed by atoms with Crippen LogP contribution in [-0.4, -0.2) is 29.6 Å². The van der Waals surface area contributed by atoms with Crippen molar-refractivity contribution < 1.29 is 51.1 Å². The van der Waals surface area contributed by atoms with Gasteiger partial charge in [0.1, 0.15) is 11.3 Å². The molecule has 4 amide bonds. The summed E-state index contributed by atoms with van der Waals surface area (Å²) < 4.78 is 68.4. The molecule has 6 aromatic carbocycles. The number of carboxylic acids is 1. The monoisotopic (exact) mass is 818 g/mol. The van der Waals surface area contributed by atoms with Crippen molar-refractivity contribution in [3.63, 3.8) is 0 Å². The molecule has 0 radical (unpaired) electrons. The minimum atomic E-state index is -2.40. The minimum Gasteiger partial charge on any atom is -0.545 e. The Morgan fingerprint density at radius 3 is 1.48 bits per heavy atom. The quantitative estimate of drug-likeness (QED) is 0.0398. The zero-order valence-electron chi connectivity index (χ0n) is 31.3. The Bertz CT molecular complexity index is 3020. The van der Waals surface area contributed by atoms with E-state index in [1.165, 1.54) is 84.9 Å². The maximum absolute atomic E-state index is 16.1. The number of fused-ring (bicyclic) bond motifs is 2. The van der Waals surface area contributed by atoms with E-state index < -0.39 is 69.6 Å². The maximum Gasteiger partial charge on any atom is 0.428 e. The molecular weight excluding hydrogens is 793 g/mol. The molecule has 1 heterocycles. The first-order valence-corrected chi connectivity index (χ1v) is 18.3. The van der Waals surface area contributed by atoms with Gasteiger partial charge < -0.3 is 14.3 Å². The van der Waals surface area contributed by atoms with Crippen LogP contribution in [0.15, 0.2) is 162 Å². The largest absolute Gasteiger partial charge is 0.545 e. The zero-order valence-corrected chi connectivity index (χ0v) is 31.3. The second kappa shape index (κ2) is 16.1. The van der Waals surface area contributed by atoms with Gasteiger partial charge in [0, 0.05) is 50.9 Å². The summed E-state index contributed by atoms with van der Waals surface area (Å²) in [5.74, 6) is -14.9. The van der Waals surface area contributed by atoms with Gasteiger partial charge in [0.15, 0.2) is 23.3 Å².